The van der Waals surface area contributed by atoms with E-state index in [1.807, 2.05) is 0 Å². The third-order valence-electron chi connectivity index (χ3n) is 3.08. The Bertz CT molecular complexity index is 744. The number of amides is 2. The van der Waals surface area contributed by atoms with Gasteiger partial charge in [-0.15, -0.1) is 0 Å². The Kier molecular flexibility index (Phi) is 6.02. The Balaban J connectivity index is 1.71. The minimum atomic E-state index is -4.55. The van der Waals surface area contributed by atoms with Gasteiger partial charge in [0.15, 0.2) is 5.69 Å². The number of carbonyl (C=O) groups is 2. The summed E-state index contributed by atoms with van der Waals surface area (Å²) in [5, 5.41) is 8.86. The average molecular weight is 375 g/mol. The molecule has 2 aromatic rings. The highest BCUT2D eigenvalue weighted by Crippen LogP contribution is 2.27. The maximum Gasteiger partial charge on any atom is 0.435 e. The molecule has 2 N–H and O–H groups in total. The zero-order valence-corrected chi connectivity index (χ0v) is 13.6. The molecule has 25 heavy (non-hydrogen) atoms. The zero-order valence-electron chi connectivity index (χ0n) is 12.8. The van der Waals surface area contributed by atoms with E-state index in [4.69, 9.17) is 11.6 Å². The summed E-state index contributed by atoms with van der Waals surface area (Å²) in [5.74, 6) is -0.842. The van der Waals surface area contributed by atoms with Crippen molar-refractivity contribution in [2.75, 3.05) is 13.1 Å². The Labute approximate surface area is 146 Å². The second kappa shape index (κ2) is 8.02. The molecule has 0 unspecified atom stereocenters. The lowest BCUT2D eigenvalue weighted by molar-refractivity contribution is -0.141. The van der Waals surface area contributed by atoms with Gasteiger partial charge in [-0.05, 0) is 30.3 Å². The van der Waals surface area contributed by atoms with E-state index in [0.717, 1.165) is 16.9 Å². The third kappa shape index (κ3) is 5.79. The van der Waals surface area contributed by atoms with Crippen LogP contribution in [0, 0.1) is 0 Å². The van der Waals surface area contributed by atoms with Crippen LogP contribution in [0.15, 0.2) is 36.5 Å². The number of halogens is 4. The van der Waals surface area contributed by atoms with Gasteiger partial charge < -0.3 is 10.6 Å². The van der Waals surface area contributed by atoms with Crippen LogP contribution in [-0.4, -0.2) is 34.7 Å². The van der Waals surface area contributed by atoms with E-state index in [9.17, 15) is 22.8 Å². The van der Waals surface area contributed by atoms with E-state index in [1.54, 1.807) is 24.3 Å². The summed E-state index contributed by atoms with van der Waals surface area (Å²) in [6.07, 6.45) is -3.47. The van der Waals surface area contributed by atoms with E-state index < -0.39 is 17.8 Å². The first-order chi connectivity index (χ1) is 11.8. The fourth-order valence-corrected chi connectivity index (χ4v) is 2.01. The molecule has 1 aromatic carbocycles. The molecule has 134 valence electrons. The van der Waals surface area contributed by atoms with Gasteiger partial charge >= 0.3 is 6.18 Å². The molecule has 2 amide bonds. The third-order valence-corrected chi connectivity index (χ3v) is 3.33. The molecular weight excluding hydrogens is 361 g/mol. The Hall–Kier alpha value is -2.55. The van der Waals surface area contributed by atoms with Gasteiger partial charge in [0.1, 0.15) is 6.54 Å². The normalized spacial score (nSPS) is 11.2. The lowest BCUT2D eigenvalue weighted by atomic mass is 10.2. The predicted molar refractivity (Wildman–Crippen MR) is 84.0 cm³/mol. The molecule has 0 saturated heterocycles. The molecule has 0 radical (unpaired) electrons. The van der Waals surface area contributed by atoms with Gasteiger partial charge in [0.25, 0.3) is 5.91 Å². The second-order valence-electron chi connectivity index (χ2n) is 5.01. The molecule has 1 aromatic heterocycles. The highest BCUT2D eigenvalue weighted by atomic mass is 35.5. The predicted octanol–water partition coefficient (Wildman–Crippen LogP) is 2.10. The first kappa shape index (κ1) is 18.8. The first-order valence-corrected chi connectivity index (χ1v) is 7.54. The van der Waals surface area contributed by atoms with Crippen LogP contribution in [0.4, 0.5) is 13.2 Å². The number of aromatic nitrogens is 2. The van der Waals surface area contributed by atoms with Crippen molar-refractivity contribution in [2.24, 2.45) is 0 Å². The standard InChI is InChI=1S/C15H14ClF3N4O2/c16-11-3-1-10(2-4-11)14(25)21-7-6-20-13(24)9-23-8-5-12(22-23)15(17,18)19/h1-5,8H,6-7,9H2,(H,20,24)(H,21,25). The monoisotopic (exact) mass is 374 g/mol. The molecule has 0 aliphatic heterocycles. The number of nitrogens with one attached hydrogen (secondary N) is 2. The molecule has 0 spiro atoms. The van der Waals surface area contributed by atoms with Crippen LogP contribution in [0.3, 0.4) is 0 Å². The fraction of sp³-hybridized carbons (Fsp3) is 0.267. The van der Waals surface area contributed by atoms with Gasteiger partial charge in [-0.1, -0.05) is 11.6 Å². The molecule has 2 rings (SSSR count). The average Bonchev–Trinajstić information content (AvgIpc) is 3.00. The van der Waals surface area contributed by atoms with E-state index >= 15 is 0 Å². The molecule has 1 heterocycles. The van der Waals surface area contributed by atoms with Crippen LogP contribution in [0.1, 0.15) is 16.1 Å². The maximum atomic E-state index is 12.4. The minimum absolute atomic E-state index is 0.131. The number of hydrogen-bond acceptors (Lipinski definition) is 3. The molecular formula is C15H14ClF3N4O2. The van der Waals surface area contributed by atoms with Crippen LogP contribution in [0.2, 0.25) is 5.02 Å². The fourth-order valence-electron chi connectivity index (χ4n) is 1.89. The molecule has 0 aliphatic carbocycles. The molecule has 0 atom stereocenters. The van der Waals surface area contributed by atoms with Crippen molar-refractivity contribution >= 4 is 23.4 Å². The Morgan fingerprint density at radius 2 is 1.72 bits per heavy atom. The number of hydrogen-bond donors (Lipinski definition) is 2. The second-order valence-corrected chi connectivity index (χ2v) is 5.45. The van der Waals surface area contributed by atoms with Crippen LogP contribution in [-0.2, 0) is 17.5 Å². The van der Waals surface area contributed by atoms with Gasteiger partial charge in [-0.25, -0.2) is 0 Å². The number of alkyl halides is 3. The number of benzene rings is 1. The highest BCUT2D eigenvalue weighted by Gasteiger charge is 2.33. The molecule has 6 nitrogen and oxygen atoms in total. The van der Waals surface area contributed by atoms with E-state index in [2.05, 4.69) is 15.7 Å². The van der Waals surface area contributed by atoms with Crippen molar-refractivity contribution in [3.63, 3.8) is 0 Å². The van der Waals surface area contributed by atoms with Crippen LogP contribution in [0.25, 0.3) is 0 Å². The van der Waals surface area contributed by atoms with Crippen molar-refractivity contribution in [1.82, 2.24) is 20.4 Å². The number of rotatable bonds is 6. The number of carbonyl (C=O) groups excluding carboxylic acids is 2. The topological polar surface area (TPSA) is 76.0 Å². The maximum absolute atomic E-state index is 12.4. The summed E-state index contributed by atoms with van der Waals surface area (Å²) < 4.78 is 38.1. The van der Waals surface area contributed by atoms with Crippen molar-refractivity contribution in [2.45, 2.75) is 12.7 Å². The molecule has 0 fully saturated rings. The largest absolute Gasteiger partial charge is 0.435 e. The van der Waals surface area contributed by atoms with Crippen molar-refractivity contribution < 1.29 is 22.8 Å². The summed E-state index contributed by atoms with van der Waals surface area (Å²) in [7, 11) is 0. The zero-order chi connectivity index (χ0) is 18.4. The lowest BCUT2D eigenvalue weighted by Crippen LogP contribution is -2.36. The van der Waals surface area contributed by atoms with Gasteiger partial charge in [0.2, 0.25) is 5.91 Å². The molecule has 0 bridgehead atoms. The smallest absolute Gasteiger partial charge is 0.353 e. The van der Waals surface area contributed by atoms with Gasteiger partial charge in [0, 0.05) is 29.9 Å². The molecule has 0 aliphatic rings. The highest BCUT2D eigenvalue weighted by molar-refractivity contribution is 6.30. The van der Waals surface area contributed by atoms with Crippen LogP contribution in [0.5, 0.6) is 0 Å². The van der Waals surface area contributed by atoms with Gasteiger partial charge in [-0.2, -0.15) is 18.3 Å². The summed E-state index contributed by atoms with van der Waals surface area (Å²) in [5.41, 5.74) is -0.637. The van der Waals surface area contributed by atoms with E-state index in [0.29, 0.717) is 10.6 Å². The summed E-state index contributed by atoms with van der Waals surface area (Å²) >= 11 is 5.72. The summed E-state index contributed by atoms with van der Waals surface area (Å²) in [6.45, 7) is -0.0487. The Morgan fingerprint density at radius 3 is 2.32 bits per heavy atom. The van der Waals surface area contributed by atoms with Crippen molar-refractivity contribution in [3.05, 3.63) is 52.8 Å². The summed E-state index contributed by atoms with van der Waals surface area (Å²) in [6, 6.07) is 7.08. The van der Waals surface area contributed by atoms with Crippen LogP contribution >= 0.6 is 11.6 Å². The first-order valence-electron chi connectivity index (χ1n) is 7.17. The van der Waals surface area contributed by atoms with Crippen molar-refractivity contribution in [3.8, 4) is 0 Å². The summed E-state index contributed by atoms with van der Waals surface area (Å²) in [4.78, 5) is 23.4. The van der Waals surface area contributed by atoms with Crippen LogP contribution < -0.4 is 10.6 Å². The van der Waals surface area contributed by atoms with E-state index in [1.165, 1.54) is 0 Å². The Morgan fingerprint density at radius 1 is 1.08 bits per heavy atom. The quantitative estimate of drug-likeness (QED) is 0.760. The van der Waals surface area contributed by atoms with Gasteiger partial charge in [-0.3, -0.25) is 14.3 Å². The molecule has 0 saturated carbocycles. The van der Waals surface area contributed by atoms with E-state index in [-0.39, 0.29) is 25.5 Å². The van der Waals surface area contributed by atoms with Gasteiger partial charge in [0.05, 0.1) is 0 Å². The minimum Gasteiger partial charge on any atom is -0.353 e. The number of nitrogens with zero attached hydrogens (tertiary/aromatic N) is 2. The molecule has 10 heteroatoms. The lowest BCUT2D eigenvalue weighted by Gasteiger charge is -2.07. The van der Waals surface area contributed by atoms with Crippen molar-refractivity contribution in [1.29, 1.82) is 0 Å². The SMILES string of the molecule is O=C(Cn1ccc(C(F)(F)F)n1)NCCNC(=O)c1ccc(Cl)cc1.